The number of pyridine rings is 1. The molecule has 1 saturated heterocycles. The second-order valence-electron chi connectivity index (χ2n) is 26.2. The molecule has 586 valence electrons. The summed E-state index contributed by atoms with van der Waals surface area (Å²) in [5.74, 6) is -11.8. The molecule has 111 heavy (non-hydrogen) atoms. The summed E-state index contributed by atoms with van der Waals surface area (Å²) in [5, 5.41) is 105. The highest BCUT2D eigenvalue weighted by atomic mass is 32.2. The number of ether oxygens (including phenoxy) is 1. The highest BCUT2D eigenvalue weighted by Gasteiger charge is 2.52. The molecule has 5 aromatic heterocycles. The van der Waals surface area contributed by atoms with Gasteiger partial charge >= 0.3 is 11.9 Å². The number of carbonyl (C=O) groups excluding carboxylic acids is 10. The summed E-state index contributed by atoms with van der Waals surface area (Å²) in [6.07, 6.45) is -3.28. The summed E-state index contributed by atoms with van der Waals surface area (Å²) in [6.45, 7) is 27.5. The summed E-state index contributed by atoms with van der Waals surface area (Å²) in [5.41, 5.74) is -8.13. The summed E-state index contributed by atoms with van der Waals surface area (Å²) in [7, 11) is 0. The second-order valence-corrected chi connectivity index (χ2v) is 31.2. The van der Waals surface area contributed by atoms with Crippen LogP contribution in [0.25, 0.3) is 6.08 Å². The van der Waals surface area contributed by atoms with Crippen molar-refractivity contribution in [3.8, 4) is 0 Å². The number of esters is 1. The zero-order valence-electron chi connectivity index (χ0n) is 60.0. The average molecular weight is 1640 g/mol. The van der Waals surface area contributed by atoms with Gasteiger partial charge in [-0.05, 0) is 72.9 Å². The first-order chi connectivity index (χ1) is 52.3. The van der Waals surface area contributed by atoms with Gasteiger partial charge in [0.15, 0.2) is 0 Å². The van der Waals surface area contributed by atoms with E-state index in [1.54, 1.807) is 6.92 Å². The standard InChI is InChI=1S/C69H76N18O18S6/c1-13-36-61-80-42(21-107-61)58(99)86-50(68(12,104)33(11)90)64-82-44(23-110-64)60(106)85-46-32(10)105-66(103)39-18-35(30(8)88)34-14-15-37(48(91)47(34)76-39)70-24(2)51(92)71-25(3)52(93)72-26(4)53(94)73-28(6)55(96)87-69(67-83-43(22-111-67)57(98)84-45(31(9)89)59(100)78-36)17-16-38(77-49(69)40-19-109-63(46)79-40)62-81-41(20-108-62)56(97)74-27(5)54(95)75-29(7)65(101)102/h13-15,18-20,22-24,30-33,37-38,42,45-46,48-50,70,77,88-91,104H,3-7,16-17,21H2,1-2,8-12H3,(H,71,92)(H,72,93)(H,73,94)(H,74,97)(H,75,95)(H,78,100)(H,84,98)(H,85,106)(H,86,99)(H,87,96)(H,101,102)/b36-13-/t24-,30-,31+,32+,33-,37+,38+,42+,45-,46-,48-,49+,50+,68-,69+/m0/s1. The molecule has 15 atom stereocenters. The number of cyclic esters (lactones) is 1. The number of amides is 9. The Morgan fingerprint density at radius 2 is 1.42 bits per heavy atom. The predicted molar refractivity (Wildman–Crippen MR) is 409 cm³/mol. The van der Waals surface area contributed by atoms with Crippen LogP contribution in [0.2, 0.25) is 0 Å². The van der Waals surface area contributed by atoms with Crippen LogP contribution in [0, 0.1) is 0 Å². The Kier molecular flexibility index (Phi) is 25.5. The summed E-state index contributed by atoms with van der Waals surface area (Å²) >= 11 is 10.8. The molecule has 42 heteroatoms. The van der Waals surface area contributed by atoms with Crippen LogP contribution in [0.1, 0.15) is 177 Å². The molecule has 5 aromatic rings. The van der Waals surface area contributed by atoms with Crippen molar-refractivity contribution >= 4 is 151 Å². The normalized spacial score (nSPS) is 26.4. The number of fused-ring (bicyclic) bond motifs is 7. The third kappa shape index (κ3) is 18.2. The van der Waals surface area contributed by atoms with Gasteiger partial charge in [0.05, 0.1) is 82.4 Å². The van der Waals surface area contributed by atoms with E-state index in [0.29, 0.717) is 0 Å². The lowest BCUT2D eigenvalue weighted by Crippen LogP contribution is -2.58. The van der Waals surface area contributed by atoms with Gasteiger partial charge in [0.1, 0.15) is 106 Å². The van der Waals surface area contributed by atoms with Gasteiger partial charge in [-0.25, -0.2) is 34.5 Å². The molecule has 1 fully saturated rings. The number of carbonyl (C=O) groups is 11. The fourth-order valence-corrected chi connectivity index (χ4v) is 17.0. The Hall–Kier alpha value is -10.3. The third-order valence-corrected chi connectivity index (χ3v) is 23.5. The molecule has 4 aliphatic heterocycles. The van der Waals surface area contributed by atoms with E-state index in [4.69, 9.17) is 31.9 Å². The number of rotatable bonds is 10. The molecule has 0 saturated carbocycles. The van der Waals surface area contributed by atoms with Crippen LogP contribution in [-0.4, -0.2) is 185 Å². The molecule has 13 bridgehead atoms. The SMILES string of the molecule is C=C(NC(=O)C(=C)NC(=O)c1csc([C@H]2CC[C@]34NC(=O)C(=C)NC(=O)C(=C)NC(=O)C(=C)NC(=O)[C@H](C)N[C@@H]5C=Cc6c([C@H](C)O)cc(nc6[C@H]5O)C(=O)O[C@H](C)[C@H](NC(=S)c5csc(n5)[C@H]([C@@](C)(O)[C@H](C)O)NC(=O)[C@H]5CSC(=N5)/C(=C/C)NC(=O)[C@H]([C@@H](C)O)NC(=O)c5csc3n5)c3nc(cs3)[C@H]4N2)n1)C(=O)O. The Balaban J connectivity index is 1.16. The number of thiocarbonyl (C=S) groups is 1. The van der Waals surface area contributed by atoms with Gasteiger partial charge in [-0.2, -0.15) is 0 Å². The molecule has 10 rings (SSSR count). The quantitative estimate of drug-likeness (QED) is 0.0526. The van der Waals surface area contributed by atoms with Crippen LogP contribution in [-0.2, 0) is 48.6 Å². The number of hydrogen-bond donors (Lipinski definition) is 18. The Morgan fingerprint density at radius 1 is 0.757 bits per heavy atom. The van der Waals surface area contributed by atoms with Gasteiger partial charge in [0.25, 0.3) is 35.4 Å². The van der Waals surface area contributed by atoms with Crippen LogP contribution in [0.15, 0.2) is 112 Å². The smallest absolute Gasteiger partial charge is 0.357 e. The molecular formula is C69H76N18O18S6. The molecule has 18 N–H and O–H groups in total. The number of nitrogens with one attached hydrogen (secondary N) is 12. The Morgan fingerprint density at radius 3 is 2.09 bits per heavy atom. The van der Waals surface area contributed by atoms with Gasteiger partial charge in [-0.3, -0.25) is 58.8 Å². The van der Waals surface area contributed by atoms with Crippen LogP contribution in [0.3, 0.4) is 0 Å². The van der Waals surface area contributed by atoms with E-state index >= 15 is 4.79 Å². The van der Waals surface area contributed by atoms with Gasteiger partial charge in [0.2, 0.25) is 17.7 Å². The summed E-state index contributed by atoms with van der Waals surface area (Å²) in [4.78, 5) is 181. The molecule has 5 aliphatic rings. The fraction of sp³-hybridized carbons (Fsp3) is 0.362. The maximum Gasteiger partial charge on any atom is 0.357 e. The van der Waals surface area contributed by atoms with Gasteiger partial charge in [-0.15, -0.1) is 57.1 Å². The average Bonchev–Trinajstić information content (AvgIpc) is 1.69. The van der Waals surface area contributed by atoms with Gasteiger partial charge < -0.3 is 88.5 Å². The number of aliphatic carboxylic acids is 1. The van der Waals surface area contributed by atoms with Crippen molar-refractivity contribution in [2.24, 2.45) is 4.99 Å². The number of hydrogen-bond acceptors (Lipinski definition) is 31. The van der Waals surface area contributed by atoms with E-state index in [1.807, 2.05) is 5.32 Å². The van der Waals surface area contributed by atoms with Gasteiger partial charge in [-0.1, -0.05) is 63.3 Å². The summed E-state index contributed by atoms with van der Waals surface area (Å²) < 4.78 is 6.30. The first kappa shape index (κ1) is 83.1. The number of thiazole rings is 4. The van der Waals surface area contributed by atoms with Crippen LogP contribution >= 0.6 is 69.3 Å². The number of carboxylic acids is 1. The number of thioether (sulfide) groups is 1. The molecule has 0 aromatic carbocycles. The number of nitrogens with zero attached hydrogens (tertiary/aromatic N) is 6. The molecule has 9 heterocycles. The van der Waals surface area contributed by atoms with Crippen molar-refractivity contribution in [2.45, 2.75) is 151 Å². The zero-order chi connectivity index (χ0) is 81.2. The minimum absolute atomic E-state index is 0.0114. The van der Waals surface area contributed by atoms with Gasteiger partial charge in [0, 0.05) is 32.8 Å². The number of aliphatic imine (C=N–C) groups is 1. The van der Waals surface area contributed by atoms with E-state index in [-0.39, 0.29) is 94.0 Å². The fourth-order valence-electron chi connectivity index (χ4n) is 11.8. The van der Waals surface area contributed by atoms with E-state index in [0.717, 1.165) is 57.1 Å². The number of aliphatic hydroxyl groups is 5. The second kappa shape index (κ2) is 34.1. The largest absolute Gasteiger partial charge is 0.477 e. The van der Waals surface area contributed by atoms with Crippen molar-refractivity contribution in [1.82, 2.24) is 88.7 Å². The highest BCUT2D eigenvalue weighted by Crippen LogP contribution is 2.49. The van der Waals surface area contributed by atoms with Crippen molar-refractivity contribution in [3.63, 3.8) is 0 Å². The number of aromatic nitrogens is 5. The number of carboxylic acid groups (broad SMARTS) is 1. The van der Waals surface area contributed by atoms with Crippen molar-refractivity contribution in [2.75, 3.05) is 5.75 Å². The summed E-state index contributed by atoms with van der Waals surface area (Å²) in [6, 6.07) is -9.17. The minimum Gasteiger partial charge on any atom is -0.477 e. The number of allylic oxidation sites excluding steroid dienone is 1. The lowest BCUT2D eigenvalue weighted by atomic mass is 9.78. The van der Waals surface area contributed by atoms with Crippen molar-refractivity contribution in [1.29, 1.82) is 0 Å². The molecule has 0 unspecified atom stereocenters. The zero-order valence-corrected chi connectivity index (χ0v) is 64.9. The predicted octanol–water partition coefficient (Wildman–Crippen LogP) is 0.974. The Labute approximate surface area is 657 Å². The lowest BCUT2D eigenvalue weighted by Gasteiger charge is -2.45. The van der Waals surface area contributed by atoms with E-state index in [2.05, 4.69) is 106 Å². The van der Waals surface area contributed by atoms with E-state index < -0.39 is 189 Å². The van der Waals surface area contributed by atoms with Crippen molar-refractivity contribution in [3.05, 3.63) is 172 Å². The molecule has 0 spiro atoms. The third-order valence-electron chi connectivity index (χ3n) is 18.2. The van der Waals surface area contributed by atoms with Crippen molar-refractivity contribution < 1.29 is 88.1 Å². The Bertz CT molecular complexity index is 4840. The molecule has 36 nitrogen and oxygen atoms in total. The minimum atomic E-state index is -2.14. The maximum atomic E-state index is 15.2. The lowest BCUT2D eigenvalue weighted by molar-refractivity contribution is -0.134. The topological polar surface area (TPSA) is 540 Å². The van der Waals surface area contributed by atoms with Crippen LogP contribution < -0.4 is 63.8 Å². The molecule has 1 aliphatic carbocycles. The monoisotopic (exact) mass is 1640 g/mol. The first-order valence-corrected chi connectivity index (χ1v) is 38.6. The highest BCUT2D eigenvalue weighted by molar-refractivity contribution is 8.14. The number of piperidine rings is 1. The van der Waals surface area contributed by atoms with E-state index in [1.165, 1.54) is 87.4 Å². The first-order valence-electron chi connectivity index (χ1n) is 33.7. The molecular weight excluding hydrogens is 1560 g/mol. The maximum absolute atomic E-state index is 15.2. The van der Waals surface area contributed by atoms with Crippen LogP contribution in [0.4, 0.5) is 0 Å². The van der Waals surface area contributed by atoms with Crippen LogP contribution in [0.5, 0.6) is 0 Å². The molecule has 0 radical (unpaired) electrons. The van der Waals surface area contributed by atoms with E-state index in [9.17, 15) is 78.6 Å². The number of aliphatic hydroxyl groups excluding tert-OH is 4. The molecule has 9 amide bonds.